The molecule has 0 atom stereocenters. The predicted octanol–water partition coefficient (Wildman–Crippen LogP) is 13.4. The van der Waals surface area contributed by atoms with Crippen LogP contribution in [0.5, 0.6) is 0 Å². The lowest BCUT2D eigenvalue weighted by molar-refractivity contribution is 0.663. The quantitative estimate of drug-likeness (QED) is 0.190. The van der Waals surface area contributed by atoms with Gasteiger partial charge in [-0.3, -0.25) is 0 Å². The molecule has 0 saturated heterocycles. The maximum absolute atomic E-state index is 6.45. The van der Waals surface area contributed by atoms with Crippen LogP contribution in [0.25, 0.3) is 76.9 Å². The first-order valence-corrected chi connectivity index (χ1v) is 16.6. The molecule has 0 unspecified atom stereocenters. The highest BCUT2D eigenvalue weighted by atomic mass is 16.3. The molecule has 0 spiro atoms. The average Bonchev–Trinajstić information content (AvgIpc) is 3.73. The highest BCUT2D eigenvalue weighted by Crippen LogP contribution is 2.43. The summed E-state index contributed by atoms with van der Waals surface area (Å²) in [6, 6.07) is 62.1. The second kappa shape index (κ2) is 11.0. The summed E-state index contributed by atoms with van der Waals surface area (Å²) in [4.78, 5) is 2.34. The molecule has 3 nitrogen and oxygen atoms in total. The molecule has 0 N–H and O–H groups in total. The summed E-state index contributed by atoms with van der Waals surface area (Å²) < 4.78 is 12.6. The van der Waals surface area contributed by atoms with E-state index in [-0.39, 0.29) is 0 Å². The summed E-state index contributed by atoms with van der Waals surface area (Å²) in [5.41, 5.74) is 11.4. The number of hydrogen-bond acceptors (Lipinski definition) is 3. The molecular formula is C46H29NO2. The van der Waals surface area contributed by atoms with Gasteiger partial charge in [0.15, 0.2) is 0 Å². The summed E-state index contributed by atoms with van der Waals surface area (Å²) in [5, 5.41) is 6.87. The van der Waals surface area contributed by atoms with Gasteiger partial charge < -0.3 is 13.7 Å². The van der Waals surface area contributed by atoms with E-state index in [1.54, 1.807) is 0 Å². The molecule has 0 aliphatic carbocycles. The van der Waals surface area contributed by atoms with Crippen molar-refractivity contribution >= 4 is 71.7 Å². The molecule has 230 valence electrons. The lowest BCUT2D eigenvalue weighted by Crippen LogP contribution is -2.11. The van der Waals surface area contributed by atoms with Crippen LogP contribution in [-0.2, 0) is 0 Å². The lowest BCUT2D eigenvalue weighted by Gasteiger charge is -2.28. The first-order valence-electron chi connectivity index (χ1n) is 16.6. The van der Waals surface area contributed by atoms with Crippen LogP contribution in [-0.4, -0.2) is 0 Å². The number of anilines is 3. The van der Waals surface area contributed by atoms with Crippen molar-refractivity contribution < 1.29 is 8.83 Å². The smallest absolute Gasteiger partial charge is 0.136 e. The number of benzene rings is 8. The molecule has 49 heavy (non-hydrogen) atoms. The topological polar surface area (TPSA) is 29.5 Å². The van der Waals surface area contributed by atoms with E-state index < -0.39 is 0 Å². The summed E-state index contributed by atoms with van der Waals surface area (Å²) in [5.74, 6) is 0. The normalized spacial score (nSPS) is 11.7. The molecule has 0 bridgehead atoms. The highest BCUT2D eigenvalue weighted by Gasteiger charge is 2.19. The summed E-state index contributed by atoms with van der Waals surface area (Å²) >= 11 is 0. The van der Waals surface area contributed by atoms with Crippen LogP contribution in [0, 0.1) is 0 Å². The molecule has 10 rings (SSSR count). The molecule has 0 aliphatic heterocycles. The zero-order valence-electron chi connectivity index (χ0n) is 26.5. The first kappa shape index (κ1) is 27.5. The summed E-state index contributed by atoms with van der Waals surface area (Å²) in [7, 11) is 0. The van der Waals surface area contributed by atoms with Crippen LogP contribution < -0.4 is 4.90 Å². The molecule has 0 aliphatic rings. The molecule has 0 saturated carbocycles. The first-order chi connectivity index (χ1) is 24.3. The van der Waals surface area contributed by atoms with E-state index >= 15 is 0 Å². The minimum absolute atomic E-state index is 0.865. The van der Waals surface area contributed by atoms with Crippen LogP contribution >= 0.6 is 0 Å². The van der Waals surface area contributed by atoms with E-state index in [0.717, 1.165) is 72.1 Å². The second-order valence-corrected chi connectivity index (χ2v) is 12.5. The highest BCUT2D eigenvalue weighted by molar-refractivity contribution is 6.25. The van der Waals surface area contributed by atoms with E-state index in [9.17, 15) is 0 Å². The summed E-state index contributed by atoms with van der Waals surface area (Å²) in [6.45, 7) is 0. The Balaban J connectivity index is 1.07. The van der Waals surface area contributed by atoms with Gasteiger partial charge >= 0.3 is 0 Å². The van der Waals surface area contributed by atoms with E-state index in [0.29, 0.717) is 0 Å². The lowest BCUT2D eigenvalue weighted by atomic mass is 9.98. The van der Waals surface area contributed by atoms with Gasteiger partial charge in [0.2, 0.25) is 0 Å². The van der Waals surface area contributed by atoms with Gasteiger partial charge in [-0.1, -0.05) is 109 Å². The third kappa shape index (κ3) is 4.51. The van der Waals surface area contributed by atoms with E-state index in [4.69, 9.17) is 8.83 Å². The molecule has 0 fully saturated rings. The van der Waals surface area contributed by atoms with Gasteiger partial charge in [-0.25, -0.2) is 0 Å². The number of fused-ring (bicyclic) bond motifs is 8. The van der Waals surface area contributed by atoms with Crippen LogP contribution in [0.4, 0.5) is 17.1 Å². The molecule has 2 aromatic heterocycles. The number of furan rings is 2. The molecular weight excluding hydrogens is 599 g/mol. The standard InChI is InChI=1S/C46H29NO2/c1-2-12-35(13-3-1)47(40-16-8-6-14-37(40)34-19-18-30-10-4-5-11-32(30)28-34)36-23-20-31(21-24-36)33-22-25-39-44(29-33)49-43-27-26-42-45(46(39)43)38-15-7-9-17-41(38)48-42/h1-29H. The van der Waals surface area contributed by atoms with Crippen molar-refractivity contribution in [3.63, 3.8) is 0 Å². The Kier molecular flexibility index (Phi) is 6.18. The minimum atomic E-state index is 0.865. The van der Waals surface area contributed by atoms with Crippen molar-refractivity contribution in [2.45, 2.75) is 0 Å². The Hall–Kier alpha value is -6.58. The van der Waals surface area contributed by atoms with Crippen molar-refractivity contribution in [1.29, 1.82) is 0 Å². The summed E-state index contributed by atoms with van der Waals surface area (Å²) in [6.07, 6.45) is 0. The Morgan fingerprint density at radius 1 is 0.347 bits per heavy atom. The largest absolute Gasteiger partial charge is 0.456 e. The maximum atomic E-state index is 6.45. The molecule has 3 heteroatoms. The molecule has 2 heterocycles. The molecule has 8 aromatic carbocycles. The SMILES string of the molecule is c1ccc(N(c2ccc(-c3ccc4c(c3)oc3ccc5oc6ccccc6c5c34)cc2)c2ccccc2-c2ccc3ccccc3c2)cc1. The Labute approximate surface area is 282 Å². The van der Waals surface area contributed by atoms with Crippen LogP contribution in [0.2, 0.25) is 0 Å². The van der Waals surface area contributed by atoms with Gasteiger partial charge in [0.25, 0.3) is 0 Å². The van der Waals surface area contributed by atoms with Crippen LogP contribution in [0.1, 0.15) is 0 Å². The molecule has 0 amide bonds. The monoisotopic (exact) mass is 627 g/mol. The van der Waals surface area contributed by atoms with Gasteiger partial charge in [0, 0.05) is 38.5 Å². The van der Waals surface area contributed by atoms with Crippen molar-refractivity contribution in [3.05, 3.63) is 176 Å². The predicted molar refractivity (Wildman–Crippen MR) is 204 cm³/mol. The minimum Gasteiger partial charge on any atom is -0.456 e. The second-order valence-electron chi connectivity index (χ2n) is 12.5. The van der Waals surface area contributed by atoms with Crippen LogP contribution in [0.15, 0.2) is 185 Å². The Morgan fingerprint density at radius 2 is 0.959 bits per heavy atom. The number of hydrogen-bond donors (Lipinski definition) is 0. The van der Waals surface area contributed by atoms with Gasteiger partial charge in [0.05, 0.1) is 5.69 Å². The molecule has 0 radical (unpaired) electrons. The van der Waals surface area contributed by atoms with Gasteiger partial charge in [0.1, 0.15) is 22.3 Å². The zero-order valence-corrected chi connectivity index (χ0v) is 26.5. The van der Waals surface area contributed by atoms with Crippen molar-refractivity contribution in [3.8, 4) is 22.3 Å². The Morgan fingerprint density at radius 3 is 1.80 bits per heavy atom. The third-order valence-electron chi connectivity index (χ3n) is 9.65. The van der Waals surface area contributed by atoms with E-state index in [2.05, 4.69) is 157 Å². The van der Waals surface area contributed by atoms with Gasteiger partial charge in [-0.05, 0) is 94.2 Å². The Bertz CT molecular complexity index is 2830. The van der Waals surface area contributed by atoms with E-state index in [1.807, 2.05) is 24.3 Å². The van der Waals surface area contributed by atoms with E-state index in [1.165, 1.54) is 21.9 Å². The zero-order chi connectivity index (χ0) is 32.3. The third-order valence-corrected chi connectivity index (χ3v) is 9.65. The number of rotatable bonds is 5. The van der Waals surface area contributed by atoms with Crippen molar-refractivity contribution in [2.75, 3.05) is 4.90 Å². The fourth-order valence-corrected chi connectivity index (χ4v) is 7.34. The average molecular weight is 628 g/mol. The molecule has 10 aromatic rings. The van der Waals surface area contributed by atoms with Crippen molar-refractivity contribution in [1.82, 2.24) is 0 Å². The van der Waals surface area contributed by atoms with Crippen LogP contribution in [0.3, 0.4) is 0 Å². The number of nitrogens with zero attached hydrogens (tertiary/aromatic N) is 1. The van der Waals surface area contributed by atoms with Gasteiger partial charge in [-0.2, -0.15) is 0 Å². The van der Waals surface area contributed by atoms with Gasteiger partial charge in [-0.15, -0.1) is 0 Å². The van der Waals surface area contributed by atoms with Crippen molar-refractivity contribution in [2.24, 2.45) is 0 Å². The maximum Gasteiger partial charge on any atom is 0.136 e. The number of para-hydroxylation sites is 3. The fourth-order valence-electron chi connectivity index (χ4n) is 7.34. The fraction of sp³-hybridized carbons (Fsp3) is 0.